The topological polar surface area (TPSA) is 46.3 Å². The highest BCUT2D eigenvalue weighted by Crippen LogP contribution is 2.16. The van der Waals surface area contributed by atoms with Crippen molar-refractivity contribution in [3.63, 3.8) is 0 Å². The Kier molecular flexibility index (Phi) is 7.21. The van der Waals surface area contributed by atoms with Crippen LogP contribution in [0.4, 0.5) is 4.39 Å². The number of nitrogens with zero attached hydrogens (tertiary/aromatic N) is 1. The zero-order chi connectivity index (χ0) is 13.0. The van der Waals surface area contributed by atoms with Crippen LogP contribution in [-0.4, -0.2) is 23.9 Å². The second-order valence-corrected chi connectivity index (χ2v) is 4.59. The van der Waals surface area contributed by atoms with Crippen molar-refractivity contribution in [2.45, 2.75) is 25.9 Å². The Labute approximate surface area is 118 Å². The minimum Gasteiger partial charge on any atom is -0.341 e. The van der Waals surface area contributed by atoms with Crippen LogP contribution in [0.25, 0.3) is 0 Å². The molecule has 18 heavy (non-hydrogen) atoms. The Morgan fingerprint density at radius 2 is 2.17 bits per heavy atom. The van der Waals surface area contributed by atoms with Gasteiger partial charge in [0, 0.05) is 26.1 Å². The van der Waals surface area contributed by atoms with Crippen molar-refractivity contribution in [1.82, 2.24) is 4.90 Å². The molecule has 1 aromatic carbocycles. The fourth-order valence-corrected chi connectivity index (χ4v) is 1.55. The second-order valence-electron chi connectivity index (χ2n) is 4.18. The van der Waals surface area contributed by atoms with E-state index in [2.05, 4.69) is 0 Å². The molecular weight excluding hydrogens is 278 g/mol. The van der Waals surface area contributed by atoms with E-state index in [1.165, 1.54) is 17.0 Å². The maximum absolute atomic E-state index is 13.2. The maximum Gasteiger partial charge on any atom is 0.224 e. The summed E-state index contributed by atoms with van der Waals surface area (Å²) in [4.78, 5) is 13.2. The van der Waals surface area contributed by atoms with Gasteiger partial charge in [-0.25, -0.2) is 4.39 Å². The number of amides is 1. The standard InChI is InChI=1S/C12H16ClFN2O.ClH/c1-8(15)5-12(17)16(2)7-9-3-4-10(13)11(14)6-9;/h3-4,6,8H,5,7,15H2,1-2H3;1H. The second kappa shape index (κ2) is 7.56. The molecule has 0 saturated carbocycles. The van der Waals surface area contributed by atoms with Crippen molar-refractivity contribution < 1.29 is 9.18 Å². The molecule has 0 saturated heterocycles. The Morgan fingerprint density at radius 3 is 2.67 bits per heavy atom. The van der Waals surface area contributed by atoms with Crippen LogP contribution in [0.5, 0.6) is 0 Å². The first-order valence-corrected chi connectivity index (χ1v) is 5.71. The lowest BCUT2D eigenvalue weighted by molar-refractivity contribution is -0.130. The molecular formula is C12H17Cl2FN2O. The van der Waals surface area contributed by atoms with Gasteiger partial charge in [-0.2, -0.15) is 0 Å². The number of hydrogen-bond acceptors (Lipinski definition) is 2. The summed E-state index contributed by atoms with van der Waals surface area (Å²) in [5, 5.41) is 0.0818. The van der Waals surface area contributed by atoms with E-state index in [1.807, 2.05) is 0 Å². The molecule has 6 heteroatoms. The van der Waals surface area contributed by atoms with Gasteiger partial charge < -0.3 is 10.6 Å². The van der Waals surface area contributed by atoms with E-state index in [9.17, 15) is 9.18 Å². The van der Waals surface area contributed by atoms with Gasteiger partial charge in [-0.15, -0.1) is 12.4 Å². The predicted molar refractivity (Wildman–Crippen MR) is 73.4 cm³/mol. The highest BCUT2D eigenvalue weighted by Gasteiger charge is 2.12. The van der Waals surface area contributed by atoms with Crippen molar-refractivity contribution in [2.24, 2.45) is 5.73 Å². The molecule has 1 aromatic rings. The number of carbonyl (C=O) groups excluding carboxylic acids is 1. The summed E-state index contributed by atoms with van der Waals surface area (Å²) in [7, 11) is 1.66. The monoisotopic (exact) mass is 294 g/mol. The van der Waals surface area contributed by atoms with Crippen LogP contribution in [-0.2, 0) is 11.3 Å². The van der Waals surface area contributed by atoms with Crippen molar-refractivity contribution >= 4 is 29.9 Å². The minimum atomic E-state index is -0.475. The van der Waals surface area contributed by atoms with Gasteiger partial charge in [0.1, 0.15) is 5.82 Å². The number of carbonyl (C=O) groups is 1. The average molecular weight is 295 g/mol. The third kappa shape index (κ3) is 5.21. The Balaban J connectivity index is 0.00000289. The van der Waals surface area contributed by atoms with Crippen LogP contribution in [0.2, 0.25) is 5.02 Å². The molecule has 0 spiro atoms. The molecule has 1 atom stereocenters. The molecule has 0 aliphatic carbocycles. The molecule has 3 nitrogen and oxygen atoms in total. The number of hydrogen-bond donors (Lipinski definition) is 1. The number of benzene rings is 1. The van der Waals surface area contributed by atoms with E-state index < -0.39 is 5.82 Å². The average Bonchev–Trinajstić information content (AvgIpc) is 2.22. The Hall–Kier alpha value is -0.840. The summed E-state index contributed by atoms with van der Waals surface area (Å²) < 4.78 is 13.2. The van der Waals surface area contributed by atoms with E-state index in [0.29, 0.717) is 12.1 Å². The fraction of sp³-hybridized carbons (Fsp3) is 0.417. The zero-order valence-electron chi connectivity index (χ0n) is 10.3. The van der Waals surface area contributed by atoms with Gasteiger partial charge in [-0.05, 0) is 24.6 Å². The zero-order valence-corrected chi connectivity index (χ0v) is 11.9. The fourth-order valence-electron chi connectivity index (χ4n) is 1.43. The van der Waals surface area contributed by atoms with Crippen LogP contribution >= 0.6 is 24.0 Å². The van der Waals surface area contributed by atoms with Crippen molar-refractivity contribution in [3.8, 4) is 0 Å². The largest absolute Gasteiger partial charge is 0.341 e. The molecule has 2 N–H and O–H groups in total. The molecule has 0 aliphatic heterocycles. The van der Waals surface area contributed by atoms with Gasteiger partial charge in [-0.1, -0.05) is 17.7 Å². The first-order valence-electron chi connectivity index (χ1n) is 5.33. The molecule has 0 aromatic heterocycles. The van der Waals surface area contributed by atoms with E-state index >= 15 is 0 Å². The van der Waals surface area contributed by atoms with Crippen LogP contribution in [0, 0.1) is 5.82 Å². The highest BCUT2D eigenvalue weighted by molar-refractivity contribution is 6.30. The van der Waals surface area contributed by atoms with E-state index in [0.717, 1.165) is 0 Å². The normalized spacial score (nSPS) is 11.6. The van der Waals surface area contributed by atoms with Gasteiger partial charge in [0.05, 0.1) is 5.02 Å². The van der Waals surface area contributed by atoms with Crippen molar-refractivity contribution in [3.05, 3.63) is 34.6 Å². The smallest absolute Gasteiger partial charge is 0.224 e. The van der Waals surface area contributed by atoms with E-state index in [1.54, 1.807) is 20.0 Å². The molecule has 0 radical (unpaired) electrons. The molecule has 0 heterocycles. The minimum absolute atomic E-state index is 0. The third-order valence-electron chi connectivity index (χ3n) is 2.33. The summed E-state index contributed by atoms with van der Waals surface area (Å²) in [6, 6.07) is 4.33. The number of halogens is 3. The molecule has 1 amide bonds. The summed E-state index contributed by atoms with van der Waals surface area (Å²) in [6.45, 7) is 2.12. The molecule has 1 unspecified atom stereocenters. The van der Waals surface area contributed by atoms with Crippen LogP contribution in [0.15, 0.2) is 18.2 Å². The third-order valence-corrected chi connectivity index (χ3v) is 2.63. The molecule has 0 fully saturated rings. The Morgan fingerprint density at radius 1 is 1.56 bits per heavy atom. The predicted octanol–water partition coefficient (Wildman–Crippen LogP) is 2.60. The van der Waals surface area contributed by atoms with E-state index in [4.69, 9.17) is 17.3 Å². The molecule has 102 valence electrons. The quantitative estimate of drug-likeness (QED) is 0.928. The first kappa shape index (κ1) is 17.2. The van der Waals surface area contributed by atoms with Crippen LogP contribution in [0.3, 0.4) is 0 Å². The molecule has 0 bridgehead atoms. The number of nitrogens with two attached hydrogens (primary N) is 1. The van der Waals surface area contributed by atoms with Crippen LogP contribution in [0.1, 0.15) is 18.9 Å². The van der Waals surface area contributed by atoms with Gasteiger partial charge in [-0.3, -0.25) is 4.79 Å². The van der Waals surface area contributed by atoms with Crippen LogP contribution < -0.4 is 5.73 Å². The lowest BCUT2D eigenvalue weighted by atomic mass is 10.2. The highest BCUT2D eigenvalue weighted by atomic mass is 35.5. The lowest BCUT2D eigenvalue weighted by Crippen LogP contribution is -2.31. The first-order chi connectivity index (χ1) is 7.90. The van der Waals surface area contributed by atoms with Gasteiger partial charge in [0.25, 0.3) is 0 Å². The van der Waals surface area contributed by atoms with Crippen molar-refractivity contribution in [1.29, 1.82) is 0 Å². The number of rotatable bonds is 4. The van der Waals surface area contributed by atoms with Gasteiger partial charge in [0.15, 0.2) is 0 Å². The van der Waals surface area contributed by atoms with Crippen molar-refractivity contribution in [2.75, 3.05) is 7.05 Å². The molecule has 0 aliphatic rings. The lowest BCUT2D eigenvalue weighted by Gasteiger charge is -2.18. The Bertz CT molecular complexity index is 413. The van der Waals surface area contributed by atoms with Gasteiger partial charge in [0.2, 0.25) is 5.91 Å². The summed E-state index contributed by atoms with van der Waals surface area (Å²) in [5.74, 6) is -0.535. The summed E-state index contributed by atoms with van der Waals surface area (Å²) in [6.07, 6.45) is 0.284. The summed E-state index contributed by atoms with van der Waals surface area (Å²) in [5.41, 5.74) is 6.24. The summed E-state index contributed by atoms with van der Waals surface area (Å²) >= 11 is 5.58. The van der Waals surface area contributed by atoms with Gasteiger partial charge >= 0.3 is 0 Å². The molecule has 1 rings (SSSR count). The SMILES string of the molecule is CC(N)CC(=O)N(C)Cc1ccc(Cl)c(F)c1.Cl. The maximum atomic E-state index is 13.2. The van der Waals surface area contributed by atoms with E-state index in [-0.39, 0.29) is 35.8 Å².